The summed E-state index contributed by atoms with van der Waals surface area (Å²) in [6, 6.07) is 16.0. The van der Waals surface area contributed by atoms with Crippen LogP contribution in [0.15, 0.2) is 59.2 Å². The summed E-state index contributed by atoms with van der Waals surface area (Å²) in [5.41, 5.74) is 3.30. The smallest absolute Gasteiger partial charge is 0.414 e. The number of imidazole rings is 1. The molecule has 10 heteroatoms. The molecule has 3 rings (SSSR count). The summed E-state index contributed by atoms with van der Waals surface area (Å²) in [6.45, 7) is 2.04. The molecule has 1 aromatic heterocycles. The van der Waals surface area contributed by atoms with Crippen LogP contribution in [0.1, 0.15) is 5.56 Å². The fourth-order valence-corrected chi connectivity index (χ4v) is 2.95. The molecule has 0 aliphatic rings. The van der Waals surface area contributed by atoms with Crippen molar-refractivity contribution in [2.75, 3.05) is 19.0 Å². The van der Waals surface area contributed by atoms with E-state index in [4.69, 9.17) is 36.1 Å². The van der Waals surface area contributed by atoms with E-state index in [1.807, 2.05) is 42.6 Å². The Morgan fingerprint density at radius 1 is 1.10 bits per heavy atom. The zero-order valence-corrected chi connectivity index (χ0v) is 18.9. The van der Waals surface area contributed by atoms with Crippen molar-refractivity contribution in [2.45, 2.75) is 13.1 Å². The minimum Gasteiger partial charge on any atom is -0.473 e. The second-order valence-electron chi connectivity index (χ2n) is 6.21. The number of nitrogens with zero attached hydrogens (tertiary/aromatic N) is 2. The Hall–Kier alpha value is -2.88. The average molecular weight is 511 g/mol. The summed E-state index contributed by atoms with van der Waals surface area (Å²) in [5.74, 6) is -2.82. The fourth-order valence-electron chi connectivity index (χ4n) is 2.56. The number of carbonyl (C=O) groups is 2. The van der Waals surface area contributed by atoms with Gasteiger partial charge in [0.1, 0.15) is 0 Å². The number of hydrogen-bond donors (Lipinski definition) is 3. The van der Waals surface area contributed by atoms with Gasteiger partial charge < -0.3 is 24.8 Å². The molecular formula is C21H21BrClN3O5. The van der Waals surface area contributed by atoms with Crippen LogP contribution < -0.4 is 5.32 Å². The number of carboxylic acids is 2. The van der Waals surface area contributed by atoms with Gasteiger partial charge in [-0.25, -0.2) is 14.6 Å². The molecule has 0 fully saturated rings. The zero-order valence-electron chi connectivity index (χ0n) is 16.6. The summed E-state index contributed by atoms with van der Waals surface area (Å²) in [4.78, 5) is 22.8. The van der Waals surface area contributed by atoms with E-state index in [0.717, 1.165) is 33.2 Å². The normalized spacial score (nSPS) is 10.2. The number of anilines is 1. The Bertz CT molecular complexity index is 995. The Morgan fingerprint density at radius 3 is 2.26 bits per heavy atom. The average Bonchev–Trinajstić information content (AvgIpc) is 3.15. The van der Waals surface area contributed by atoms with E-state index in [1.54, 1.807) is 7.11 Å². The Kier molecular flexibility index (Phi) is 9.51. The van der Waals surface area contributed by atoms with Gasteiger partial charge in [-0.05, 0) is 35.4 Å². The van der Waals surface area contributed by atoms with Gasteiger partial charge in [-0.15, -0.1) is 0 Å². The van der Waals surface area contributed by atoms with E-state index < -0.39 is 11.9 Å². The molecule has 0 aliphatic heterocycles. The van der Waals surface area contributed by atoms with Crippen LogP contribution >= 0.6 is 27.5 Å². The van der Waals surface area contributed by atoms with Crippen molar-refractivity contribution in [2.24, 2.45) is 0 Å². The molecule has 2 aromatic carbocycles. The van der Waals surface area contributed by atoms with Crippen LogP contribution in [-0.2, 0) is 27.4 Å². The van der Waals surface area contributed by atoms with Crippen LogP contribution in [0.25, 0.3) is 11.3 Å². The number of halogens is 2. The second-order valence-corrected chi connectivity index (χ2v) is 7.56. The number of ether oxygens (including phenoxy) is 1. The maximum atomic E-state index is 9.10. The van der Waals surface area contributed by atoms with E-state index in [-0.39, 0.29) is 0 Å². The number of aromatic nitrogens is 2. The predicted molar refractivity (Wildman–Crippen MR) is 121 cm³/mol. The number of rotatable bonds is 7. The monoisotopic (exact) mass is 509 g/mol. The Morgan fingerprint density at radius 2 is 1.71 bits per heavy atom. The molecule has 0 aliphatic carbocycles. The van der Waals surface area contributed by atoms with E-state index >= 15 is 0 Å². The largest absolute Gasteiger partial charge is 0.473 e. The van der Waals surface area contributed by atoms with E-state index in [9.17, 15) is 0 Å². The summed E-state index contributed by atoms with van der Waals surface area (Å²) in [5, 5.41) is 18.9. The van der Waals surface area contributed by atoms with Gasteiger partial charge in [-0.2, -0.15) is 0 Å². The Labute approximate surface area is 192 Å². The maximum Gasteiger partial charge on any atom is 0.414 e. The lowest BCUT2D eigenvalue weighted by Gasteiger charge is -2.13. The molecule has 3 N–H and O–H groups in total. The Balaban J connectivity index is 0.000000501. The van der Waals surface area contributed by atoms with E-state index in [2.05, 4.69) is 42.9 Å². The summed E-state index contributed by atoms with van der Waals surface area (Å²) < 4.78 is 8.46. The van der Waals surface area contributed by atoms with Crippen molar-refractivity contribution in [3.63, 3.8) is 0 Å². The van der Waals surface area contributed by atoms with Gasteiger partial charge in [-0.1, -0.05) is 51.8 Å². The van der Waals surface area contributed by atoms with Crippen LogP contribution in [0, 0.1) is 0 Å². The first-order valence-corrected chi connectivity index (χ1v) is 10.2. The molecule has 0 bridgehead atoms. The minimum absolute atomic E-state index is 0.615. The topological polar surface area (TPSA) is 114 Å². The van der Waals surface area contributed by atoms with Crippen molar-refractivity contribution in [1.29, 1.82) is 0 Å². The number of methoxy groups -OCH3 is 1. The van der Waals surface area contributed by atoms with Crippen LogP contribution in [0.2, 0.25) is 5.02 Å². The van der Waals surface area contributed by atoms with Gasteiger partial charge in [0.2, 0.25) is 5.95 Å². The van der Waals surface area contributed by atoms with Crippen molar-refractivity contribution in [3.8, 4) is 11.3 Å². The quantitative estimate of drug-likeness (QED) is 0.404. The first kappa shape index (κ1) is 24.4. The standard InChI is InChI=1S/C19H19BrClN3O.C2H2O4/c1-25-11-10-24-18(15-4-8-17(21)9-5-15)13-23-19(24)22-12-14-2-6-16(20)7-3-14;3-1(4)2(5)6/h2-9,13H,10-12H2,1H3,(H,22,23);(H,3,4)(H,5,6). The maximum absolute atomic E-state index is 9.10. The highest BCUT2D eigenvalue weighted by Gasteiger charge is 2.11. The lowest BCUT2D eigenvalue weighted by atomic mass is 10.2. The second kappa shape index (κ2) is 12.1. The third-order valence-electron chi connectivity index (χ3n) is 4.06. The number of nitrogens with one attached hydrogen (secondary N) is 1. The van der Waals surface area contributed by atoms with Gasteiger partial charge in [0.25, 0.3) is 0 Å². The lowest BCUT2D eigenvalue weighted by molar-refractivity contribution is -0.159. The summed E-state index contributed by atoms with van der Waals surface area (Å²) in [6.07, 6.45) is 1.88. The van der Waals surface area contributed by atoms with Gasteiger partial charge >= 0.3 is 11.9 Å². The highest BCUT2D eigenvalue weighted by molar-refractivity contribution is 9.10. The number of benzene rings is 2. The molecule has 31 heavy (non-hydrogen) atoms. The van der Waals surface area contributed by atoms with Crippen LogP contribution in [0.3, 0.4) is 0 Å². The van der Waals surface area contributed by atoms with Crippen LogP contribution in [0.4, 0.5) is 5.95 Å². The molecule has 3 aromatic rings. The van der Waals surface area contributed by atoms with Crippen LogP contribution in [-0.4, -0.2) is 45.4 Å². The highest BCUT2D eigenvalue weighted by atomic mass is 79.9. The third kappa shape index (κ3) is 7.71. The van der Waals surface area contributed by atoms with Crippen molar-refractivity contribution >= 4 is 45.4 Å². The molecule has 0 amide bonds. The van der Waals surface area contributed by atoms with Crippen molar-refractivity contribution < 1.29 is 24.5 Å². The molecule has 8 nitrogen and oxygen atoms in total. The molecule has 0 unspecified atom stereocenters. The van der Waals surface area contributed by atoms with E-state index in [1.165, 1.54) is 5.56 Å². The molecule has 1 heterocycles. The predicted octanol–water partition coefficient (Wildman–Crippen LogP) is 4.38. The van der Waals surface area contributed by atoms with Gasteiger partial charge in [0.05, 0.1) is 18.5 Å². The van der Waals surface area contributed by atoms with Crippen LogP contribution in [0.5, 0.6) is 0 Å². The number of aliphatic carboxylic acids is 2. The van der Waals surface area contributed by atoms with E-state index in [0.29, 0.717) is 13.2 Å². The summed E-state index contributed by atoms with van der Waals surface area (Å²) in [7, 11) is 1.70. The molecule has 0 saturated heterocycles. The van der Waals surface area contributed by atoms with Gasteiger partial charge in [0.15, 0.2) is 0 Å². The third-order valence-corrected chi connectivity index (χ3v) is 4.84. The first-order valence-electron chi connectivity index (χ1n) is 9.06. The molecule has 164 valence electrons. The van der Waals surface area contributed by atoms with Crippen molar-refractivity contribution in [3.05, 3.63) is 69.8 Å². The molecule has 0 radical (unpaired) electrons. The first-order chi connectivity index (χ1) is 14.8. The minimum atomic E-state index is -1.82. The fraction of sp³-hybridized carbons (Fsp3) is 0.190. The molecule has 0 saturated carbocycles. The van der Waals surface area contributed by atoms with Gasteiger partial charge in [0, 0.05) is 29.7 Å². The molecule has 0 spiro atoms. The molecular weight excluding hydrogens is 490 g/mol. The zero-order chi connectivity index (χ0) is 22.8. The number of hydrogen-bond acceptors (Lipinski definition) is 5. The highest BCUT2D eigenvalue weighted by Crippen LogP contribution is 2.25. The lowest BCUT2D eigenvalue weighted by Crippen LogP contribution is -2.11. The van der Waals surface area contributed by atoms with Crippen molar-refractivity contribution in [1.82, 2.24) is 9.55 Å². The molecule has 0 atom stereocenters. The summed E-state index contributed by atoms with van der Waals surface area (Å²) >= 11 is 9.45. The van der Waals surface area contributed by atoms with Gasteiger partial charge in [-0.3, -0.25) is 0 Å². The number of carboxylic acid groups (broad SMARTS) is 2. The SMILES string of the molecule is COCCn1c(-c2ccc(Cl)cc2)cnc1NCc1ccc(Br)cc1.O=C(O)C(=O)O.